The molecule has 0 aliphatic heterocycles. The topological polar surface area (TPSA) is 34.4 Å². The predicted molar refractivity (Wildman–Crippen MR) is 86.0 cm³/mol. The number of hydrogen-bond acceptors (Lipinski definition) is 3. The zero-order valence-electron chi connectivity index (χ0n) is 14.0. The molecule has 1 heterocycles. The highest BCUT2D eigenvalue weighted by Gasteiger charge is 2.25. The Labute approximate surface area is 129 Å². The first-order valence-electron chi connectivity index (χ1n) is 8.43. The SMILES string of the molecule is CC(C)CNCc1occc1COC1CCC(C)C(C)C1. The number of ether oxygens (including phenoxy) is 1. The lowest BCUT2D eigenvalue weighted by molar-refractivity contribution is -0.00798. The van der Waals surface area contributed by atoms with Crippen molar-refractivity contribution in [3.63, 3.8) is 0 Å². The monoisotopic (exact) mass is 293 g/mol. The summed E-state index contributed by atoms with van der Waals surface area (Å²) in [5, 5.41) is 3.43. The van der Waals surface area contributed by atoms with Crippen LogP contribution in [0.1, 0.15) is 58.3 Å². The van der Waals surface area contributed by atoms with Gasteiger partial charge in [-0.2, -0.15) is 0 Å². The highest BCUT2D eigenvalue weighted by Crippen LogP contribution is 2.31. The Morgan fingerprint density at radius 3 is 2.81 bits per heavy atom. The van der Waals surface area contributed by atoms with Gasteiger partial charge in [0.15, 0.2) is 0 Å². The molecule has 120 valence electrons. The molecule has 3 atom stereocenters. The van der Waals surface area contributed by atoms with E-state index in [1.165, 1.54) is 24.8 Å². The molecular weight excluding hydrogens is 262 g/mol. The second-order valence-electron chi connectivity index (χ2n) is 7.09. The fourth-order valence-corrected chi connectivity index (χ4v) is 2.98. The fourth-order valence-electron chi connectivity index (χ4n) is 2.98. The van der Waals surface area contributed by atoms with E-state index >= 15 is 0 Å². The fraction of sp³-hybridized carbons (Fsp3) is 0.778. The second kappa shape index (κ2) is 8.00. The third kappa shape index (κ3) is 5.15. The highest BCUT2D eigenvalue weighted by atomic mass is 16.5. The van der Waals surface area contributed by atoms with Crippen molar-refractivity contribution < 1.29 is 9.15 Å². The Bertz CT molecular complexity index is 413. The van der Waals surface area contributed by atoms with E-state index < -0.39 is 0 Å². The molecule has 0 bridgehead atoms. The van der Waals surface area contributed by atoms with Crippen LogP contribution in [0, 0.1) is 17.8 Å². The van der Waals surface area contributed by atoms with E-state index in [0.717, 1.165) is 30.7 Å². The van der Waals surface area contributed by atoms with E-state index in [4.69, 9.17) is 9.15 Å². The van der Waals surface area contributed by atoms with Gasteiger partial charge in [-0.25, -0.2) is 0 Å². The molecule has 0 spiro atoms. The van der Waals surface area contributed by atoms with Crippen molar-refractivity contribution in [2.75, 3.05) is 6.54 Å². The molecule has 1 aromatic heterocycles. The summed E-state index contributed by atoms with van der Waals surface area (Å²) in [6.45, 7) is 11.6. The van der Waals surface area contributed by atoms with E-state index in [2.05, 4.69) is 33.0 Å². The maximum atomic E-state index is 6.13. The Hall–Kier alpha value is -0.800. The largest absolute Gasteiger partial charge is 0.468 e. The molecule has 1 N–H and O–H groups in total. The first-order valence-corrected chi connectivity index (χ1v) is 8.43. The molecular formula is C18H31NO2. The molecule has 1 aromatic rings. The lowest BCUT2D eigenvalue weighted by atomic mass is 9.80. The number of rotatable bonds is 7. The lowest BCUT2D eigenvalue weighted by Crippen LogP contribution is -2.26. The third-order valence-electron chi connectivity index (χ3n) is 4.70. The van der Waals surface area contributed by atoms with Gasteiger partial charge in [-0.05, 0) is 49.6 Å². The normalized spacial score (nSPS) is 26.4. The average molecular weight is 293 g/mol. The zero-order valence-corrected chi connectivity index (χ0v) is 14.0. The molecule has 0 radical (unpaired) electrons. The molecule has 2 rings (SSSR count). The number of hydrogen-bond donors (Lipinski definition) is 1. The Morgan fingerprint density at radius 2 is 2.10 bits per heavy atom. The van der Waals surface area contributed by atoms with Crippen LogP contribution in [0.15, 0.2) is 16.7 Å². The quantitative estimate of drug-likeness (QED) is 0.810. The summed E-state index contributed by atoms with van der Waals surface area (Å²) in [6.07, 6.45) is 5.88. The van der Waals surface area contributed by atoms with E-state index in [9.17, 15) is 0 Å². The molecule has 0 amide bonds. The summed E-state index contributed by atoms with van der Waals surface area (Å²) in [6, 6.07) is 2.04. The summed E-state index contributed by atoms with van der Waals surface area (Å²) in [5.41, 5.74) is 1.19. The maximum absolute atomic E-state index is 6.13. The van der Waals surface area contributed by atoms with Crippen LogP contribution in [-0.4, -0.2) is 12.6 Å². The van der Waals surface area contributed by atoms with E-state index in [1.54, 1.807) is 6.26 Å². The van der Waals surface area contributed by atoms with Gasteiger partial charge in [0.2, 0.25) is 0 Å². The van der Waals surface area contributed by atoms with Gasteiger partial charge < -0.3 is 14.5 Å². The lowest BCUT2D eigenvalue weighted by Gasteiger charge is -2.31. The molecule has 1 aliphatic rings. The van der Waals surface area contributed by atoms with Gasteiger partial charge in [0.1, 0.15) is 5.76 Å². The summed E-state index contributed by atoms with van der Waals surface area (Å²) >= 11 is 0. The minimum absolute atomic E-state index is 0.419. The number of nitrogens with one attached hydrogen (secondary N) is 1. The molecule has 0 aromatic carbocycles. The van der Waals surface area contributed by atoms with E-state index in [0.29, 0.717) is 18.6 Å². The molecule has 1 fully saturated rings. The van der Waals surface area contributed by atoms with Crippen LogP contribution in [-0.2, 0) is 17.9 Å². The smallest absolute Gasteiger partial charge is 0.123 e. The molecule has 3 nitrogen and oxygen atoms in total. The van der Waals surface area contributed by atoms with E-state index in [1.807, 2.05) is 6.07 Å². The zero-order chi connectivity index (χ0) is 15.2. The predicted octanol–water partition coefficient (Wildman–Crippen LogP) is 4.37. The van der Waals surface area contributed by atoms with Crippen LogP contribution >= 0.6 is 0 Å². The van der Waals surface area contributed by atoms with Gasteiger partial charge in [0.05, 0.1) is 25.5 Å². The summed E-state index contributed by atoms with van der Waals surface area (Å²) < 4.78 is 11.7. The Kier molecular flexibility index (Phi) is 6.31. The summed E-state index contributed by atoms with van der Waals surface area (Å²) in [7, 11) is 0. The van der Waals surface area contributed by atoms with Crippen molar-refractivity contribution >= 4 is 0 Å². The third-order valence-corrected chi connectivity index (χ3v) is 4.70. The number of furan rings is 1. The van der Waals surface area contributed by atoms with Crippen molar-refractivity contribution in [2.45, 2.75) is 66.2 Å². The second-order valence-corrected chi connectivity index (χ2v) is 7.09. The minimum atomic E-state index is 0.419. The summed E-state index contributed by atoms with van der Waals surface area (Å²) in [4.78, 5) is 0. The van der Waals surface area contributed by atoms with Gasteiger partial charge in [0, 0.05) is 5.56 Å². The van der Waals surface area contributed by atoms with Crippen molar-refractivity contribution in [1.82, 2.24) is 5.32 Å². The van der Waals surface area contributed by atoms with Gasteiger partial charge in [-0.15, -0.1) is 0 Å². The standard InChI is InChI=1S/C18H31NO2/c1-13(2)10-19-11-18-16(7-8-20-18)12-21-17-6-5-14(3)15(4)9-17/h7-8,13-15,17,19H,5-6,9-12H2,1-4H3. The van der Waals surface area contributed by atoms with Gasteiger partial charge in [0.25, 0.3) is 0 Å². The van der Waals surface area contributed by atoms with Crippen LogP contribution < -0.4 is 5.32 Å². The van der Waals surface area contributed by atoms with Crippen molar-refractivity contribution in [3.05, 3.63) is 23.7 Å². The van der Waals surface area contributed by atoms with Gasteiger partial charge >= 0.3 is 0 Å². The minimum Gasteiger partial charge on any atom is -0.468 e. The van der Waals surface area contributed by atoms with Crippen LogP contribution in [0.3, 0.4) is 0 Å². The molecule has 0 saturated heterocycles. The van der Waals surface area contributed by atoms with Crippen molar-refractivity contribution in [3.8, 4) is 0 Å². The van der Waals surface area contributed by atoms with Crippen LogP contribution in [0.5, 0.6) is 0 Å². The first kappa shape index (κ1) is 16.6. The van der Waals surface area contributed by atoms with Crippen molar-refractivity contribution in [1.29, 1.82) is 0 Å². The first-order chi connectivity index (χ1) is 10.1. The molecule has 3 unspecified atom stereocenters. The maximum Gasteiger partial charge on any atom is 0.123 e. The van der Waals surface area contributed by atoms with Gasteiger partial charge in [-0.3, -0.25) is 0 Å². The Balaban J connectivity index is 1.77. The average Bonchev–Trinajstić information content (AvgIpc) is 2.87. The van der Waals surface area contributed by atoms with Crippen LogP contribution in [0.4, 0.5) is 0 Å². The van der Waals surface area contributed by atoms with Crippen LogP contribution in [0.25, 0.3) is 0 Å². The highest BCUT2D eigenvalue weighted by molar-refractivity contribution is 5.15. The summed E-state index contributed by atoms with van der Waals surface area (Å²) in [5.74, 6) is 3.30. The van der Waals surface area contributed by atoms with E-state index in [-0.39, 0.29) is 0 Å². The van der Waals surface area contributed by atoms with Crippen LogP contribution in [0.2, 0.25) is 0 Å². The Morgan fingerprint density at radius 1 is 1.29 bits per heavy atom. The molecule has 1 saturated carbocycles. The molecule has 21 heavy (non-hydrogen) atoms. The molecule has 3 heteroatoms. The molecule has 1 aliphatic carbocycles. The van der Waals surface area contributed by atoms with Gasteiger partial charge in [-0.1, -0.05) is 27.7 Å². The van der Waals surface area contributed by atoms with Crippen molar-refractivity contribution in [2.24, 2.45) is 17.8 Å².